The lowest BCUT2D eigenvalue weighted by Gasteiger charge is -2.43. The third-order valence-corrected chi connectivity index (χ3v) is 7.03. The van der Waals surface area contributed by atoms with Gasteiger partial charge in [-0.15, -0.1) is 0 Å². The molecule has 0 unspecified atom stereocenters. The van der Waals surface area contributed by atoms with Crippen molar-refractivity contribution in [1.29, 1.82) is 0 Å². The van der Waals surface area contributed by atoms with Crippen LogP contribution in [-0.4, -0.2) is 36.4 Å². The van der Waals surface area contributed by atoms with Crippen LogP contribution in [-0.2, 0) is 9.63 Å². The topological polar surface area (TPSA) is 66.3 Å². The van der Waals surface area contributed by atoms with Crippen molar-refractivity contribution in [3.05, 3.63) is 49.0 Å². The molecule has 0 spiro atoms. The summed E-state index contributed by atoms with van der Waals surface area (Å²) < 4.78 is 0. The molecule has 156 valence electrons. The maximum atomic E-state index is 13.1. The van der Waals surface area contributed by atoms with Crippen LogP contribution in [0, 0.1) is 10.8 Å². The fourth-order valence-corrected chi connectivity index (χ4v) is 4.80. The van der Waals surface area contributed by atoms with E-state index >= 15 is 0 Å². The molecule has 1 aliphatic heterocycles. The van der Waals surface area contributed by atoms with Gasteiger partial charge in [0.2, 0.25) is 5.88 Å². The summed E-state index contributed by atoms with van der Waals surface area (Å²) in [4.78, 5) is 24.0. The normalized spacial score (nSPS) is 34.1. The molecule has 0 radical (unpaired) electrons. The molecule has 4 rings (SSSR count). The first-order chi connectivity index (χ1) is 13.8. The van der Waals surface area contributed by atoms with E-state index in [4.69, 9.17) is 4.84 Å². The van der Waals surface area contributed by atoms with Gasteiger partial charge >= 0.3 is 0 Å². The number of hydrogen-bond acceptors (Lipinski definition) is 5. The second-order valence-corrected chi connectivity index (χ2v) is 8.65. The van der Waals surface area contributed by atoms with E-state index in [1.807, 2.05) is 0 Å². The molecule has 6 heteroatoms. The Labute approximate surface area is 173 Å². The number of hydrogen-bond donors (Lipinski definition) is 1. The highest BCUT2D eigenvalue weighted by Gasteiger charge is 2.46. The number of fused-ring (bicyclic) bond motifs is 4. The van der Waals surface area contributed by atoms with Crippen molar-refractivity contribution in [3.8, 4) is 0 Å². The molecule has 2 bridgehead atoms. The predicted octanol–water partition coefficient (Wildman–Crippen LogP) is 4.30. The van der Waals surface area contributed by atoms with E-state index in [0.29, 0.717) is 23.4 Å². The van der Waals surface area contributed by atoms with Gasteiger partial charge in [-0.25, -0.2) is 4.99 Å². The first-order valence-corrected chi connectivity index (χ1v) is 10.3. The number of nitrogens with zero attached hydrogens (tertiary/aromatic N) is 3. The van der Waals surface area contributed by atoms with E-state index in [0.717, 1.165) is 19.3 Å². The summed E-state index contributed by atoms with van der Waals surface area (Å²) in [7, 11) is 1.72. The Kier molecular flexibility index (Phi) is 6.10. The van der Waals surface area contributed by atoms with E-state index in [2.05, 4.69) is 42.1 Å². The summed E-state index contributed by atoms with van der Waals surface area (Å²) in [5, 5.41) is 6.89. The summed E-state index contributed by atoms with van der Waals surface area (Å²) in [5.41, 5.74) is 2.74. The van der Waals surface area contributed by atoms with Crippen molar-refractivity contribution in [2.45, 2.75) is 51.9 Å². The molecule has 3 saturated carbocycles. The third-order valence-electron chi connectivity index (χ3n) is 7.03. The van der Waals surface area contributed by atoms with E-state index in [1.54, 1.807) is 24.1 Å². The first kappa shape index (κ1) is 21.1. The quantitative estimate of drug-likeness (QED) is 0.705. The lowest BCUT2D eigenvalue weighted by molar-refractivity contribution is -0.119. The van der Waals surface area contributed by atoms with Gasteiger partial charge in [-0.05, 0) is 75.0 Å². The number of carbonyl (C=O) groups is 1. The van der Waals surface area contributed by atoms with Crippen molar-refractivity contribution in [1.82, 2.24) is 10.2 Å². The van der Waals surface area contributed by atoms with Crippen LogP contribution in [0.4, 0.5) is 0 Å². The zero-order chi connectivity index (χ0) is 21.1. The van der Waals surface area contributed by atoms with Gasteiger partial charge in [-0.1, -0.05) is 30.3 Å². The SMILES string of the molecule is C=CC1=N\C=N\OC(=C)N(C)/C(C(=O)NCC23CCCC(C(=C)C)(CC2)CC3)=C\1. The van der Waals surface area contributed by atoms with Gasteiger partial charge in [0.15, 0.2) is 6.34 Å². The summed E-state index contributed by atoms with van der Waals surface area (Å²) in [6, 6.07) is 0. The number of aliphatic imine (C=N–C) groups is 1. The average molecular weight is 397 g/mol. The number of likely N-dealkylation sites (N-methyl/N-ethyl adjacent to an activating group) is 1. The molecular weight excluding hydrogens is 364 g/mol. The maximum absolute atomic E-state index is 13.1. The standard InChI is InChI=1S/C23H32N4O2/c1-6-19-14-20(27(5)18(4)29-26-16-25-19)21(28)24-15-22-8-7-9-23(12-10-22,13-11-22)17(2)3/h6,14,16H,1-2,4,7-13,15H2,3,5H3,(H,24,28)/b20-14-,25-19+,26-16+. The predicted molar refractivity (Wildman–Crippen MR) is 117 cm³/mol. The Morgan fingerprint density at radius 1 is 1.31 bits per heavy atom. The van der Waals surface area contributed by atoms with Crippen molar-refractivity contribution >= 4 is 18.0 Å². The van der Waals surface area contributed by atoms with Crippen molar-refractivity contribution in [3.63, 3.8) is 0 Å². The van der Waals surface area contributed by atoms with Gasteiger partial charge in [-0.3, -0.25) is 4.79 Å². The minimum Gasteiger partial charge on any atom is -0.350 e. The van der Waals surface area contributed by atoms with Gasteiger partial charge in [0.05, 0.1) is 5.71 Å². The molecule has 29 heavy (non-hydrogen) atoms. The molecular formula is C23H32N4O2. The van der Waals surface area contributed by atoms with E-state index < -0.39 is 0 Å². The highest BCUT2D eigenvalue weighted by atomic mass is 16.6. The zero-order valence-corrected chi connectivity index (χ0v) is 17.7. The molecule has 3 aliphatic carbocycles. The molecule has 0 aromatic rings. The molecule has 0 aromatic heterocycles. The number of allylic oxidation sites excluding steroid dienone is 3. The first-order valence-electron chi connectivity index (χ1n) is 10.3. The fourth-order valence-electron chi connectivity index (χ4n) is 4.80. The van der Waals surface area contributed by atoms with Gasteiger partial charge in [0.1, 0.15) is 5.70 Å². The van der Waals surface area contributed by atoms with Crippen LogP contribution < -0.4 is 5.32 Å². The molecule has 6 nitrogen and oxygen atoms in total. The molecule has 0 saturated heterocycles. The minimum absolute atomic E-state index is 0.175. The third kappa shape index (κ3) is 4.36. The van der Waals surface area contributed by atoms with E-state index in [-0.39, 0.29) is 17.2 Å². The average Bonchev–Trinajstić information content (AvgIpc) is 2.99. The van der Waals surface area contributed by atoms with Gasteiger partial charge < -0.3 is 15.1 Å². The molecule has 0 aromatic carbocycles. The highest BCUT2D eigenvalue weighted by molar-refractivity contribution is 6.11. The smallest absolute Gasteiger partial charge is 0.268 e. The Bertz CT molecular complexity index is 798. The van der Waals surface area contributed by atoms with Crippen LogP contribution in [0.2, 0.25) is 0 Å². The van der Waals surface area contributed by atoms with Crippen LogP contribution in [0.1, 0.15) is 51.9 Å². The Hall–Kier alpha value is -2.63. The van der Waals surface area contributed by atoms with Crippen LogP contribution in [0.3, 0.4) is 0 Å². The molecule has 3 fully saturated rings. The maximum Gasteiger partial charge on any atom is 0.268 e. The number of rotatable bonds is 5. The number of carbonyl (C=O) groups excluding carboxylic acids is 1. The van der Waals surface area contributed by atoms with Crippen LogP contribution in [0.15, 0.2) is 59.2 Å². The highest BCUT2D eigenvalue weighted by Crippen LogP contribution is 2.56. The number of amides is 1. The van der Waals surface area contributed by atoms with Gasteiger partial charge in [0, 0.05) is 13.6 Å². The zero-order valence-electron chi connectivity index (χ0n) is 17.7. The fraction of sp³-hybridized carbons (Fsp3) is 0.522. The largest absolute Gasteiger partial charge is 0.350 e. The van der Waals surface area contributed by atoms with Crippen LogP contribution in [0.25, 0.3) is 0 Å². The molecule has 1 heterocycles. The van der Waals surface area contributed by atoms with Crippen molar-refractivity contribution in [2.75, 3.05) is 13.6 Å². The molecule has 0 atom stereocenters. The minimum atomic E-state index is -0.177. The van der Waals surface area contributed by atoms with Crippen LogP contribution in [0.5, 0.6) is 0 Å². The van der Waals surface area contributed by atoms with E-state index in [9.17, 15) is 4.79 Å². The molecule has 4 aliphatic rings. The Balaban J connectivity index is 1.74. The second kappa shape index (κ2) is 8.39. The Morgan fingerprint density at radius 2 is 2.03 bits per heavy atom. The number of oxime groups is 1. The monoisotopic (exact) mass is 396 g/mol. The van der Waals surface area contributed by atoms with Gasteiger partial charge in [-0.2, -0.15) is 0 Å². The van der Waals surface area contributed by atoms with Crippen LogP contribution >= 0.6 is 0 Å². The summed E-state index contributed by atoms with van der Waals surface area (Å²) in [5.74, 6) is 0.0729. The molecule has 1 N–H and O–H groups in total. The summed E-state index contributed by atoms with van der Waals surface area (Å²) in [6.45, 7) is 14.7. The van der Waals surface area contributed by atoms with Crippen molar-refractivity contribution < 1.29 is 9.63 Å². The van der Waals surface area contributed by atoms with Gasteiger partial charge in [0.25, 0.3) is 5.91 Å². The second-order valence-electron chi connectivity index (χ2n) is 8.65. The lowest BCUT2D eigenvalue weighted by atomic mass is 9.63. The Morgan fingerprint density at radius 3 is 2.69 bits per heavy atom. The summed E-state index contributed by atoms with van der Waals surface area (Å²) in [6.07, 6.45) is 12.7. The summed E-state index contributed by atoms with van der Waals surface area (Å²) >= 11 is 0. The molecule has 1 amide bonds. The number of nitrogens with one attached hydrogen (secondary N) is 1. The van der Waals surface area contributed by atoms with E-state index in [1.165, 1.54) is 37.6 Å². The lowest BCUT2D eigenvalue weighted by Crippen LogP contribution is -2.42. The van der Waals surface area contributed by atoms with Crippen molar-refractivity contribution in [2.24, 2.45) is 21.0 Å².